The summed E-state index contributed by atoms with van der Waals surface area (Å²) in [5.41, 5.74) is 1.82. The molecule has 1 aliphatic rings. The second-order valence-corrected chi connectivity index (χ2v) is 7.29. The summed E-state index contributed by atoms with van der Waals surface area (Å²) in [5, 5.41) is 12.2. The maximum Gasteiger partial charge on any atom is 0.321 e. The van der Waals surface area contributed by atoms with Gasteiger partial charge in [0.05, 0.1) is 19.8 Å². The largest absolute Gasteiger partial charge is 0.395 e. The number of carbonyl (C=O) groups is 1. The molecule has 6 nitrogen and oxygen atoms in total. The summed E-state index contributed by atoms with van der Waals surface area (Å²) in [5.74, 6) is 0. The minimum Gasteiger partial charge on any atom is -0.395 e. The van der Waals surface area contributed by atoms with Crippen molar-refractivity contribution in [2.45, 2.75) is 20.8 Å². The van der Waals surface area contributed by atoms with E-state index < -0.39 is 0 Å². The van der Waals surface area contributed by atoms with Gasteiger partial charge >= 0.3 is 6.03 Å². The van der Waals surface area contributed by atoms with Gasteiger partial charge in [0.15, 0.2) is 0 Å². The van der Waals surface area contributed by atoms with Gasteiger partial charge in [0.25, 0.3) is 0 Å². The van der Waals surface area contributed by atoms with E-state index in [4.69, 9.17) is 4.74 Å². The summed E-state index contributed by atoms with van der Waals surface area (Å²) in [6.45, 7) is 10.3. The number of amides is 2. The van der Waals surface area contributed by atoms with Crippen LogP contribution in [-0.2, 0) is 4.74 Å². The predicted molar refractivity (Wildman–Crippen MR) is 96.6 cm³/mol. The molecule has 0 aromatic heterocycles. The van der Waals surface area contributed by atoms with Crippen LogP contribution in [0, 0.1) is 5.41 Å². The van der Waals surface area contributed by atoms with E-state index in [1.807, 2.05) is 24.3 Å². The first kappa shape index (κ1) is 18.5. The zero-order chi connectivity index (χ0) is 17.6. The van der Waals surface area contributed by atoms with Gasteiger partial charge in [-0.2, -0.15) is 0 Å². The number of ether oxygens (including phenoxy) is 1. The summed E-state index contributed by atoms with van der Waals surface area (Å²) < 4.78 is 5.38. The van der Waals surface area contributed by atoms with Gasteiger partial charge < -0.3 is 25.0 Å². The number of anilines is 2. The van der Waals surface area contributed by atoms with Crippen LogP contribution in [0.3, 0.4) is 0 Å². The number of aliphatic hydroxyl groups is 1. The minimum absolute atomic E-state index is 0.0256. The summed E-state index contributed by atoms with van der Waals surface area (Å²) in [6.07, 6.45) is 0. The number of hydrogen-bond donors (Lipinski definition) is 2. The molecule has 0 aliphatic carbocycles. The third-order valence-corrected chi connectivity index (χ3v) is 3.80. The van der Waals surface area contributed by atoms with Gasteiger partial charge in [-0.05, 0) is 23.6 Å². The lowest BCUT2D eigenvalue weighted by atomic mass is 9.96. The molecule has 0 saturated carbocycles. The molecule has 24 heavy (non-hydrogen) atoms. The molecule has 1 aromatic carbocycles. The van der Waals surface area contributed by atoms with Crippen molar-refractivity contribution < 1.29 is 14.6 Å². The molecule has 6 heteroatoms. The maximum absolute atomic E-state index is 12.5. The monoisotopic (exact) mass is 335 g/mol. The van der Waals surface area contributed by atoms with Crippen LogP contribution in [0.4, 0.5) is 16.2 Å². The Kier molecular flexibility index (Phi) is 6.45. The van der Waals surface area contributed by atoms with Crippen molar-refractivity contribution >= 4 is 17.4 Å². The molecular weight excluding hydrogens is 306 g/mol. The normalized spacial score (nSPS) is 15.2. The Morgan fingerprint density at radius 2 is 2.04 bits per heavy atom. The van der Waals surface area contributed by atoms with Crippen LogP contribution >= 0.6 is 0 Å². The first-order chi connectivity index (χ1) is 11.4. The quantitative estimate of drug-likeness (QED) is 0.867. The third kappa shape index (κ3) is 5.69. The van der Waals surface area contributed by atoms with Gasteiger partial charge in [-0.1, -0.05) is 26.8 Å². The summed E-state index contributed by atoms with van der Waals surface area (Å²) in [6, 6.07) is 7.67. The van der Waals surface area contributed by atoms with Gasteiger partial charge in [-0.25, -0.2) is 4.79 Å². The predicted octanol–water partition coefficient (Wildman–Crippen LogP) is 2.40. The molecule has 2 rings (SSSR count). The molecule has 2 amide bonds. The van der Waals surface area contributed by atoms with Crippen LogP contribution in [-0.4, -0.2) is 62.0 Å². The first-order valence-corrected chi connectivity index (χ1v) is 8.48. The first-order valence-electron chi connectivity index (χ1n) is 8.48. The fourth-order valence-electron chi connectivity index (χ4n) is 2.75. The van der Waals surface area contributed by atoms with Crippen molar-refractivity contribution in [3.63, 3.8) is 0 Å². The van der Waals surface area contributed by atoms with Crippen molar-refractivity contribution in [1.82, 2.24) is 4.90 Å². The van der Waals surface area contributed by atoms with E-state index in [-0.39, 0.29) is 18.1 Å². The summed E-state index contributed by atoms with van der Waals surface area (Å²) in [7, 11) is 0. The molecule has 0 spiro atoms. The molecule has 1 heterocycles. The van der Waals surface area contributed by atoms with Crippen LogP contribution < -0.4 is 10.2 Å². The molecular formula is C18H29N3O3. The Hall–Kier alpha value is -1.79. The highest BCUT2D eigenvalue weighted by Crippen LogP contribution is 2.21. The highest BCUT2D eigenvalue weighted by molar-refractivity contribution is 5.90. The second kappa shape index (κ2) is 8.35. The van der Waals surface area contributed by atoms with Gasteiger partial charge in [0.1, 0.15) is 0 Å². The van der Waals surface area contributed by atoms with Crippen LogP contribution in [0.2, 0.25) is 0 Å². The average molecular weight is 335 g/mol. The Balaban J connectivity index is 2.04. The molecule has 0 unspecified atom stereocenters. The zero-order valence-electron chi connectivity index (χ0n) is 14.9. The SMILES string of the molecule is CC(C)(C)CN(CCO)C(=O)Nc1cccc(N2CCOCC2)c1. The van der Waals surface area contributed by atoms with E-state index in [1.54, 1.807) is 4.90 Å². The van der Waals surface area contributed by atoms with E-state index >= 15 is 0 Å². The highest BCUT2D eigenvalue weighted by atomic mass is 16.5. The van der Waals surface area contributed by atoms with E-state index in [9.17, 15) is 9.90 Å². The standard InChI is InChI=1S/C18H29N3O3/c1-18(2,3)14-21(7-10-22)17(23)19-15-5-4-6-16(13-15)20-8-11-24-12-9-20/h4-6,13,22H,7-12,14H2,1-3H3,(H,19,23). The number of nitrogens with one attached hydrogen (secondary N) is 1. The number of morpholine rings is 1. The smallest absolute Gasteiger partial charge is 0.321 e. The average Bonchev–Trinajstić information content (AvgIpc) is 2.54. The molecule has 2 N–H and O–H groups in total. The number of benzene rings is 1. The number of aliphatic hydroxyl groups excluding tert-OH is 1. The number of hydrogen-bond acceptors (Lipinski definition) is 4. The van der Waals surface area contributed by atoms with E-state index in [2.05, 4.69) is 31.0 Å². The van der Waals surface area contributed by atoms with Crippen LogP contribution in [0.5, 0.6) is 0 Å². The Bertz CT molecular complexity index is 537. The third-order valence-electron chi connectivity index (χ3n) is 3.80. The van der Waals surface area contributed by atoms with Crippen LogP contribution in [0.1, 0.15) is 20.8 Å². The Morgan fingerprint density at radius 1 is 1.33 bits per heavy atom. The second-order valence-electron chi connectivity index (χ2n) is 7.29. The van der Waals surface area contributed by atoms with Crippen molar-refractivity contribution in [2.75, 3.05) is 56.2 Å². The maximum atomic E-state index is 12.5. The molecule has 1 saturated heterocycles. The number of rotatable bonds is 5. The van der Waals surface area contributed by atoms with Crippen LogP contribution in [0.25, 0.3) is 0 Å². The molecule has 0 radical (unpaired) electrons. The number of urea groups is 1. The van der Waals surface area contributed by atoms with E-state index in [1.165, 1.54) is 0 Å². The summed E-state index contributed by atoms with van der Waals surface area (Å²) >= 11 is 0. The van der Waals surface area contributed by atoms with Crippen molar-refractivity contribution in [3.05, 3.63) is 24.3 Å². The fourth-order valence-corrected chi connectivity index (χ4v) is 2.75. The molecule has 1 fully saturated rings. The lowest BCUT2D eigenvalue weighted by Gasteiger charge is -2.30. The lowest BCUT2D eigenvalue weighted by Crippen LogP contribution is -2.42. The molecule has 134 valence electrons. The van der Waals surface area contributed by atoms with Gasteiger partial charge in [-0.15, -0.1) is 0 Å². The Labute approximate surface area is 144 Å². The molecule has 0 bridgehead atoms. The molecule has 0 atom stereocenters. The topological polar surface area (TPSA) is 65.0 Å². The zero-order valence-corrected chi connectivity index (χ0v) is 14.9. The van der Waals surface area contributed by atoms with Gasteiger partial charge in [0, 0.05) is 37.6 Å². The minimum atomic E-state index is -0.182. The lowest BCUT2D eigenvalue weighted by molar-refractivity contribution is 0.122. The fraction of sp³-hybridized carbons (Fsp3) is 0.611. The molecule has 1 aliphatic heterocycles. The molecule has 1 aromatic rings. The van der Waals surface area contributed by atoms with E-state index in [0.717, 1.165) is 37.7 Å². The van der Waals surface area contributed by atoms with Crippen molar-refractivity contribution in [3.8, 4) is 0 Å². The van der Waals surface area contributed by atoms with Crippen molar-refractivity contribution in [2.24, 2.45) is 5.41 Å². The number of nitrogens with zero attached hydrogens (tertiary/aromatic N) is 2. The Morgan fingerprint density at radius 3 is 2.67 bits per heavy atom. The van der Waals surface area contributed by atoms with Crippen LogP contribution in [0.15, 0.2) is 24.3 Å². The highest BCUT2D eigenvalue weighted by Gasteiger charge is 2.21. The van der Waals surface area contributed by atoms with E-state index in [0.29, 0.717) is 13.1 Å². The summed E-state index contributed by atoms with van der Waals surface area (Å²) in [4.78, 5) is 16.4. The number of carbonyl (C=O) groups excluding carboxylic acids is 1. The van der Waals surface area contributed by atoms with Gasteiger partial charge in [0.2, 0.25) is 0 Å². The van der Waals surface area contributed by atoms with Crippen molar-refractivity contribution in [1.29, 1.82) is 0 Å². The van der Waals surface area contributed by atoms with Gasteiger partial charge in [-0.3, -0.25) is 0 Å².